The Kier molecular flexibility index (Phi) is 5.62. The van der Waals surface area contributed by atoms with Crippen LogP contribution in [0.3, 0.4) is 0 Å². The van der Waals surface area contributed by atoms with Crippen LogP contribution >= 0.6 is 39.1 Å². The number of rotatable bonds is 5. The average Bonchev–Trinajstić information content (AvgIpc) is 2.47. The van der Waals surface area contributed by atoms with Gasteiger partial charge in [0.05, 0.1) is 24.9 Å². The highest BCUT2D eigenvalue weighted by Gasteiger charge is 2.14. The lowest BCUT2D eigenvalue weighted by atomic mass is 10.1. The number of benzene rings is 2. The van der Waals surface area contributed by atoms with E-state index in [0.717, 1.165) is 15.7 Å². The van der Waals surface area contributed by atoms with Gasteiger partial charge in [0.2, 0.25) is 0 Å². The van der Waals surface area contributed by atoms with Crippen LogP contribution in [-0.4, -0.2) is 14.2 Å². The predicted octanol–water partition coefficient (Wildman–Crippen LogP) is 5.39. The third-order valence-electron chi connectivity index (χ3n) is 2.98. The van der Waals surface area contributed by atoms with Crippen LogP contribution < -0.4 is 14.8 Å². The lowest BCUT2D eigenvalue weighted by Crippen LogP contribution is -2.04. The van der Waals surface area contributed by atoms with Gasteiger partial charge < -0.3 is 14.8 Å². The summed E-state index contributed by atoms with van der Waals surface area (Å²) < 4.78 is 11.7. The number of halogens is 3. The zero-order chi connectivity index (χ0) is 15.4. The van der Waals surface area contributed by atoms with Crippen LogP contribution in [0.4, 0.5) is 5.69 Å². The third-order valence-corrected chi connectivity index (χ3v) is 4.27. The molecule has 0 aromatic heterocycles. The summed E-state index contributed by atoms with van der Waals surface area (Å²) in [6.45, 7) is 0.530. The van der Waals surface area contributed by atoms with Crippen molar-refractivity contribution in [2.24, 2.45) is 0 Å². The van der Waals surface area contributed by atoms with Crippen molar-refractivity contribution in [1.29, 1.82) is 0 Å². The molecule has 6 heteroatoms. The molecule has 2 rings (SSSR count). The molecule has 0 aliphatic carbocycles. The number of hydrogen-bond acceptors (Lipinski definition) is 3. The fraction of sp³-hybridized carbons (Fsp3) is 0.200. The smallest absolute Gasteiger partial charge is 0.166 e. The number of nitrogens with one attached hydrogen (secondary N) is 1. The Morgan fingerprint density at radius 3 is 2.48 bits per heavy atom. The molecule has 0 fully saturated rings. The molecule has 0 spiro atoms. The second-order valence-corrected chi connectivity index (χ2v) is 5.94. The minimum Gasteiger partial charge on any atom is -0.493 e. The van der Waals surface area contributed by atoms with Crippen LogP contribution in [0.5, 0.6) is 11.5 Å². The first-order valence-corrected chi connectivity index (χ1v) is 7.70. The van der Waals surface area contributed by atoms with Gasteiger partial charge in [-0.3, -0.25) is 0 Å². The van der Waals surface area contributed by atoms with Crippen molar-refractivity contribution in [1.82, 2.24) is 0 Å². The van der Waals surface area contributed by atoms with E-state index in [-0.39, 0.29) is 0 Å². The maximum absolute atomic E-state index is 6.15. The maximum atomic E-state index is 6.15. The van der Waals surface area contributed by atoms with Gasteiger partial charge in [-0.1, -0.05) is 39.1 Å². The van der Waals surface area contributed by atoms with Crippen LogP contribution in [0.25, 0.3) is 0 Å². The van der Waals surface area contributed by atoms with E-state index in [1.807, 2.05) is 18.2 Å². The molecule has 2 aromatic rings. The van der Waals surface area contributed by atoms with Crippen molar-refractivity contribution in [3.05, 3.63) is 50.4 Å². The van der Waals surface area contributed by atoms with E-state index in [1.54, 1.807) is 26.4 Å². The Morgan fingerprint density at radius 1 is 1.10 bits per heavy atom. The van der Waals surface area contributed by atoms with Gasteiger partial charge >= 0.3 is 0 Å². The van der Waals surface area contributed by atoms with E-state index in [1.165, 1.54) is 0 Å². The average molecular weight is 391 g/mol. The third kappa shape index (κ3) is 3.76. The van der Waals surface area contributed by atoms with Crippen molar-refractivity contribution in [2.75, 3.05) is 19.5 Å². The summed E-state index contributed by atoms with van der Waals surface area (Å²) in [5, 5.41) is 4.44. The first kappa shape index (κ1) is 16.3. The van der Waals surface area contributed by atoms with E-state index < -0.39 is 0 Å². The van der Waals surface area contributed by atoms with E-state index in [9.17, 15) is 0 Å². The molecular formula is C15H14BrCl2NO2. The van der Waals surface area contributed by atoms with Crippen molar-refractivity contribution in [2.45, 2.75) is 6.54 Å². The number of hydrogen-bond donors (Lipinski definition) is 1. The van der Waals surface area contributed by atoms with E-state index >= 15 is 0 Å². The Labute approximate surface area is 142 Å². The first-order valence-electron chi connectivity index (χ1n) is 6.15. The Morgan fingerprint density at radius 2 is 1.86 bits per heavy atom. The molecule has 0 aliphatic heterocycles. The number of methoxy groups -OCH3 is 2. The van der Waals surface area contributed by atoms with Crippen LogP contribution in [-0.2, 0) is 6.54 Å². The van der Waals surface area contributed by atoms with Crippen LogP contribution in [0, 0.1) is 0 Å². The van der Waals surface area contributed by atoms with Gasteiger partial charge in [0, 0.05) is 21.6 Å². The second kappa shape index (κ2) is 7.25. The highest BCUT2D eigenvalue weighted by atomic mass is 79.9. The molecule has 112 valence electrons. The molecular weight excluding hydrogens is 377 g/mol. The fourth-order valence-corrected chi connectivity index (χ4v) is 2.88. The van der Waals surface area contributed by atoms with Crippen LogP contribution in [0.15, 0.2) is 34.8 Å². The summed E-state index contributed by atoms with van der Waals surface area (Å²) in [5.74, 6) is 1.36. The molecule has 0 heterocycles. The summed E-state index contributed by atoms with van der Waals surface area (Å²) in [6, 6.07) is 9.09. The fourth-order valence-electron chi connectivity index (χ4n) is 1.95. The zero-order valence-corrected chi connectivity index (χ0v) is 14.6. The van der Waals surface area contributed by atoms with Gasteiger partial charge in [0.25, 0.3) is 0 Å². The van der Waals surface area contributed by atoms with Gasteiger partial charge in [-0.05, 0) is 30.3 Å². The Balaban J connectivity index is 2.27. The highest BCUT2D eigenvalue weighted by Crippen LogP contribution is 2.37. The molecule has 0 atom stereocenters. The standard InChI is InChI=1S/C15H14BrCl2NO2/c1-20-14-6-4-11(16)10(15(14)21-2)8-19-13-5-3-9(17)7-12(13)18/h3-7,19H,8H2,1-2H3. The molecule has 0 bridgehead atoms. The van der Waals surface area contributed by atoms with Crippen LogP contribution in [0.2, 0.25) is 10.0 Å². The van der Waals surface area contributed by atoms with Crippen molar-refractivity contribution in [3.8, 4) is 11.5 Å². The van der Waals surface area contributed by atoms with Crippen molar-refractivity contribution >= 4 is 44.8 Å². The molecule has 0 radical (unpaired) electrons. The molecule has 0 amide bonds. The second-order valence-electron chi connectivity index (χ2n) is 4.24. The summed E-state index contributed by atoms with van der Waals surface area (Å²) in [4.78, 5) is 0. The summed E-state index contributed by atoms with van der Waals surface area (Å²) in [7, 11) is 3.22. The van der Waals surface area contributed by atoms with E-state index in [2.05, 4.69) is 21.2 Å². The normalized spacial score (nSPS) is 10.3. The Bertz CT molecular complexity index is 650. The number of anilines is 1. The minimum absolute atomic E-state index is 0.530. The minimum atomic E-state index is 0.530. The van der Waals surface area contributed by atoms with Gasteiger partial charge in [-0.25, -0.2) is 0 Å². The maximum Gasteiger partial charge on any atom is 0.166 e. The molecule has 0 saturated heterocycles. The number of ether oxygens (including phenoxy) is 2. The Hall–Kier alpha value is -1.10. The van der Waals surface area contributed by atoms with E-state index in [4.69, 9.17) is 32.7 Å². The zero-order valence-electron chi connectivity index (χ0n) is 11.5. The quantitative estimate of drug-likeness (QED) is 0.742. The SMILES string of the molecule is COc1ccc(Br)c(CNc2ccc(Cl)cc2Cl)c1OC. The predicted molar refractivity (Wildman–Crippen MR) is 91.0 cm³/mol. The molecule has 0 saturated carbocycles. The summed E-state index contributed by atoms with van der Waals surface area (Å²) in [5.41, 5.74) is 1.75. The van der Waals surface area contributed by atoms with Gasteiger partial charge in [0.1, 0.15) is 0 Å². The molecule has 0 aliphatic rings. The molecule has 21 heavy (non-hydrogen) atoms. The monoisotopic (exact) mass is 389 g/mol. The van der Waals surface area contributed by atoms with Crippen LogP contribution in [0.1, 0.15) is 5.56 Å². The van der Waals surface area contributed by atoms with Gasteiger partial charge in [-0.2, -0.15) is 0 Å². The summed E-state index contributed by atoms with van der Waals surface area (Å²) >= 11 is 15.6. The topological polar surface area (TPSA) is 30.5 Å². The highest BCUT2D eigenvalue weighted by molar-refractivity contribution is 9.10. The van der Waals surface area contributed by atoms with E-state index in [0.29, 0.717) is 28.1 Å². The van der Waals surface area contributed by atoms with Gasteiger partial charge in [-0.15, -0.1) is 0 Å². The summed E-state index contributed by atoms with van der Waals surface area (Å²) in [6.07, 6.45) is 0. The molecule has 1 N–H and O–H groups in total. The van der Waals surface area contributed by atoms with Crippen molar-refractivity contribution < 1.29 is 9.47 Å². The molecule has 0 unspecified atom stereocenters. The molecule has 2 aromatic carbocycles. The largest absolute Gasteiger partial charge is 0.493 e. The van der Waals surface area contributed by atoms with Crippen molar-refractivity contribution in [3.63, 3.8) is 0 Å². The lowest BCUT2D eigenvalue weighted by molar-refractivity contribution is 0.351. The lowest BCUT2D eigenvalue weighted by Gasteiger charge is -2.16. The molecule has 3 nitrogen and oxygen atoms in total. The van der Waals surface area contributed by atoms with Gasteiger partial charge in [0.15, 0.2) is 11.5 Å². The first-order chi connectivity index (χ1) is 10.1.